The van der Waals surface area contributed by atoms with E-state index in [1.165, 1.54) is 30.3 Å². The molecule has 0 spiro atoms. The van der Waals surface area contributed by atoms with E-state index in [0.717, 1.165) is 18.6 Å². The maximum atomic E-state index is 12.9. The molecule has 128 valence electrons. The fraction of sp³-hybridized carbons (Fsp3) is 0.235. The number of benzene rings is 2. The lowest BCUT2D eigenvalue weighted by atomic mass is 10.2. The van der Waals surface area contributed by atoms with Gasteiger partial charge in [-0.15, -0.1) is 0 Å². The third-order valence-corrected chi connectivity index (χ3v) is 4.87. The molecule has 0 aliphatic heterocycles. The van der Waals surface area contributed by atoms with Gasteiger partial charge in [0.1, 0.15) is 5.82 Å². The zero-order chi connectivity index (χ0) is 17.7. The van der Waals surface area contributed by atoms with Gasteiger partial charge in [0.15, 0.2) is 0 Å². The van der Waals surface area contributed by atoms with Crippen LogP contribution in [0.1, 0.15) is 30.6 Å². The number of carbonyl (C=O) groups excluding carboxylic acids is 1. The van der Waals surface area contributed by atoms with Crippen LogP contribution in [-0.2, 0) is 10.0 Å². The first-order valence-corrected chi connectivity index (χ1v) is 8.99. The number of sulfonamides is 1. The zero-order valence-electron chi connectivity index (χ0n) is 13.4. The SMILES string of the molecule is CCC(C)NC(=O)c1cccc(S(=O)(=O)Nc2ccc(F)cc2)c1. The number of nitrogens with one attached hydrogen (secondary N) is 2. The summed E-state index contributed by atoms with van der Waals surface area (Å²) in [7, 11) is -3.87. The Morgan fingerprint density at radius 3 is 2.46 bits per heavy atom. The Kier molecular flexibility index (Phi) is 5.56. The van der Waals surface area contributed by atoms with Crippen molar-refractivity contribution in [1.29, 1.82) is 0 Å². The number of halogens is 1. The second-order valence-corrected chi connectivity index (χ2v) is 7.11. The lowest BCUT2D eigenvalue weighted by molar-refractivity contribution is 0.0939. The molecule has 1 amide bonds. The van der Waals surface area contributed by atoms with E-state index in [1.807, 2.05) is 13.8 Å². The van der Waals surface area contributed by atoms with Crippen molar-refractivity contribution in [2.75, 3.05) is 4.72 Å². The summed E-state index contributed by atoms with van der Waals surface area (Å²) >= 11 is 0. The largest absolute Gasteiger partial charge is 0.350 e. The smallest absolute Gasteiger partial charge is 0.261 e. The maximum absolute atomic E-state index is 12.9. The number of hydrogen-bond acceptors (Lipinski definition) is 3. The predicted octanol–water partition coefficient (Wildman–Crippen LogP) is 3.15. The normalized spacial score (nSPS) is 12.5. The molecule has 1 atom stereocenters. The van der Waals surface area contributed by atoms with Crippen molar-refractivity contribution in [3.63, 3.8) is 0 Å². The Bertz CT molecular complexity index is 820. The topological polar surface area (TPSA) is 75.3 Å². The van der Waals surface area contributed by atoms with Gasteiger partial charge < -0.3 is 5.32 Å². The summed E-state index contributed by atoms with van der Waals surface area (Å²) in [4.78, 5) is 12.1. The summed E-state index contributed by atoms with van der Waals surface area (Å²) < 4.78 is 40.1. The van der Waals surface area contributed by atoms with Gasteiger partial charge in [0.2, 0.25) is 0 Å². The van der Waals surface area contributed by atoms with Gasteiger partial charge in [-0.25, -0.2) is 12.8 Å². The summed E-state index contributed by atoms with van der Waals surface area (Å²) in [5.41, 5.74) is 0.503. The fourth-order valence-corrected chi connectivity index (χ4v) is 3.05. The van der Waals surface area contributed by atoms with Crippen LogP contribution in [0.3, 0.4) is 0 Å². The summed E-state index contributed by atoms with van der Waals surface area (Å²) in [6.45, 7) is 3.81. The molecule has 24 heavy (non-hydrogen) atoms. The molecule has 0 radical (unpaired) electrons. The number of anilines is 1. The lowest BCUT2D eigenvalue weighted by Crippen LogP contribution is -2.32. The molecule has 0 fully saturated rings. The van der Waals surface area contributed by atoms with Gasteiger partial charge in [-0.2, -0.15) is 0 Å². The van der Waals surface area contributed by atoms with E-state index in [1.54, 1.807) is 6.07 Å². The van der Waals surface area contributed by atoms with Gasteiger partial charge in [-0.1, -0.05) is 13.0 Å². The second kappa shape index (κ2) is 7.44. The highest BCUT2D eigenvalue weighted by Gasteiger charge is 2.17. The lowest BCUT2D eigenvalue weighted by Gasteiger charge is -2.12. The zero-order valence-corrected chi connectivity index (χ0v) is 14.2. The van der Waals surface area contributed by atoms with Crippen molar-refractivity contribution >= 4 is 21.6 Å². The molecular formula is C17H19FN2O3S. The Balaban J connectivity index is 2.23. The summed E-state index contributed by atoms with van der Waals surface area (Å²) in [6, 6.07) is 10.7. The Labute approximate surface area is 141 Å². The Hall–Kier alpha value is -2.41. The molecule has 2 aromatic carbocycles. The average molecular weight is 350 g/mol. The van der Waals surface area contributed by atoms with Gasteiger partial charge in [0, 0.05) is 17.3 Å². The molecule has 0 saturated heterocycles. The van der Waals surface area contributed by atoms with Crippen molar-refractivity contribution in [2.24, 2.45) is 0 Å². The van der Waals surface area contributed by atoms with Crippen molar-refractivity contribution in [1.82, 2.24) is 5.32 Å². The monoisotopic (exact) mass is 350 g/mol. The summed E-state index contributed by atoms with van der Waals surface area (Å²) in [5, 5.41) is 2.78. The number of carbonyl (C=O) groups is 1. The van der Waals surface area contributed by atoms with E-state index in [-0.39, 0.29) is 28.1 Å². The third-order valence-electron chi connectivity index (χ3n) is 3.49. The highest BCUT2D eigenvalue weighted by molar-refractivity contribution is 7.92. The van der Waals surface area contributed by atoms with Gasteiger partial charge in [-0.3, -0.25) is 9.52 Å². The predicted molar refractivity (Wildman–Crippen MR) is 90.9 cm³/mol. The average Bonchev–Trinajstić information content (AvgIpc) is 2.56. The van der Waals surface area contributed by atoms with E-state index < -0.39 is 15.8 Å². The molecule has 7 heteroatoms. The Morgan fingerprint density at radius 1 is 1.17 bits per heavy atom. The molecule has 0 saturated carbocycles. The number of hydrogen-bond donors (Lipinski definition) is 2. The first kappa shape index (κ1) is 17.9. The standard InChI is InChI=1S/C17H19FN2O3S/c1-3-12(2)19-17(21)13-5-4-6-16(11-13)24(22,23)20-15-9-7-14(18)8-10-15/h4-12,20H,3H2,1-2H3,(H,19,21). The minimum absolute atomic E-state index is 0.00453. The summed E-state index contributed by atoms with van der Waals surface area (Å²) in [6.07, 6.45) is 0.774. The number of amides is 1. The van der Waals surface area contributed by atoms with E-state index in [4.69, 9.17) is 0 Å². The molecule has 0 aromatic heterocycles. The van der Waals surface area contributed by atoms with Crippen molar-refractivity contribution < 1.29 is 17.6 Å². The van der Waals surface area contributed by atoms with Crippen LogP contribution in [0.15, 0.2) is 53.4 Å². The Morgan fingerprint density at radius 2 is 1.83 bits per heavy atom. The first-order valence-electron chi connectivity index (χ1n) is 7.51. The first-order chi connectivity index (χ1) is 11.3. The van der Waals surface area contributed by atoms with Crippen LogP contribution in [0.4, 0.5) is 10.1 Å². The molecule has 2 N–H and O–H groups in total. The van der Waals surface area contributed by atoms with E-state index in [9.17, 15) is 17.6 Å². The van der Waals surface area contributed by atoms with E-state index in [2.05, 4.69) is 10.0 Å². The highest BCUT2D eigenvalue weighted by Crippen LogP contribution is 2.17. The van der Waals surface area contributed by atoms with Crippen LogP contribution in [0, 0.1) is 5.82 Å². The minimum Gasteiger partial charge on any atom is -0.350 e. The molecule has 2 aromatic rings. The van der Waals surface area contributed by atoms with E-state index >= 15 is 0 Å². The highest BCUT2D eigenvalue weighted by atomic mass is 32.2. The van der Waals surface area contributed by atoms with Crippen LogP contribution in [0.5, 0.6) is 0 Å². The molecule has 0 heterocycles. The molecule has 0 bridgehead atoms. The minimum atomic E-state index is -3.87. The second-order valence-electron chi connectivity index (χ2n) is 5.42. The van der Waals surface area contributed by atoms with Crippen LogP contribution in [-0.4, -0.2) is 20.4 Å². The molecule has 5 nitrogen and oxygen atoms in total. The van der Waals surface area contributed by atoms with Gasteiger partial charge in [0.05, 0.1) is 4.90 Å². The number of rotatable bonds is 6. The van der Waals surface area contributed by atoms with Crippen LogP contribution >= 0.6 is 0 Å². The molecule has 2 rings (SSSR count). The fourth-order valence-electron chi connectivity index (χ4n) is 1.95. The maximum Gasteiger partial charge on any atom is 0.261 e. The quantitative estimate of drug-likeness (QED) is 0.840. The molecule has 1 unspecified atom stereocenters. The molecule has 0 aliphatic carbocycles. The van der Waals surface area contributed by atoms with Crippen LogP contribution in [0.25, 0.3) is 0 Å². The van der Waals surface area contributed by atoms with Gasteiger partial charge in [0.25, 0.3) is 15.9 Å². The third kappa shape index (κ3) is 4.55. The van der Waals surface area contributed by atoms with Gasteiger partial charge >= 0.3 is 0 Å². The van der Waals surface area contributed by atoms with Crippen molar-refractivity contribution in [3.8, 4) is 0 Å². The van der Waals surface area contributed by atoms with Crippen molar-refractivity contribution in [3.05, 3.63) is 59.9 Å². The van der Waals surface area contributed by atoms with Crippen molar-refractivity contribution in [2.45, 2.75) is 31.2 Å². The van der Waals surface area contributed by atoms with Gasteiger partial charge in [-0.05, 0) is 55.8 Å². The molecule has 0 aliphatic rings. The summed E-state index contributed by atoms with van der Waals surface area (Å²) in [5.74, 6) is -0.787. The van der Waals surface area contributed by atoms with E-state index in [0.29, 0.717) is 0 Å². The van der Waals surface area contributed by atoms with Crippen LogP contribution in [0.2, 0.25) is 0 Å². The van der Waals surface area contributed by atoms with Crippen LogP contribution < -0.4 is 10.0 Å². The molecular weight excluding hydrogens is 331 g/mol.